The molecule has 0 saturated carbocycles. The Morgan fingerprint density at radius 2 is 1.00 bits per heavy atom. The van der Waals surface area contributed by atoms with Crippen LogP contribution in [0.1, 0.15) is 0 Å². The van der Waals surface area contributed by atoms with E-state index in [-0.39, 0.29) is 31.8 Å². The van der Waals surface area contributed by atoms with E-state index in [1.54, 1.807) is 0 Å². The standard InChI is InChI=1S/Fe.Hg.3HI/h;;3*1H/q+3;;;;/p-3. The van der Waals surface area contributed by atoms with Crippen LogP contribution in [0.4, 0.5) is 0 Å². The van der Waals surface area contributed by atoms with Crippen molar-refractivity contribution < 1.29 is 31.8 Å². The van der Waals surface area contributed by atoms with Gasteiger partial charge in [0.05, 0.1) is 0 Å². The Bertz CT molecular complexity index is 11.6. The molecule has 0 saturated heterocycles. The van der Waals surface area contributed by atoms with Gasteiger partial charge in [-0.05, 0) is 0 Å². The molecule has 5 heteroatoms. The molecule has 0 heterocycles. The molecule has 0 nitrogen and oxygen atoms in total. The summed E-state index contributed by atoms with van der Waals surface area (Å²) in [7, 11) is 0. The van der Waals surface area contributed by atoms with Crippen LogP contribution in [-0.2, 0) is 31.8 Å². The molecule has 0 aromatic rings. The number of hydrogen-bond acceptors (Lipinski definition) is 0. The summed E-state index contributed by atoms with van der Waals surface area (Å²) in [5.41, 5.74) is 0. The molecule has 31 valence electrons. The van der Waals surface area contributed by atoms with Crippen molar-refractivity contribution in [3.8, 4) is 0 Å². The van der Waals surface area contributed by atoms with Crippen molar-refractivity contribution in [3.05, 3.63) is 0 Å². The van der Waals surface area contributed by atoms with Crippen LogP contribution in [0, 0.1) is 0 Å². The maximum atomic E-state index is 2.40. The summed E-state index contributed by atoms with van der Waals surface area (Å²) in [4.78, 5) is 0. The van der Waals surface area contributed by atoms with E-state index in [1.807, 2.05) is 0 Å². The zero-order valence-corrected chi connectivity index (χ0v) is 15.3. The first-order valence-electron chi connectivity index (χ1n) is 0.401. The number of halogens is 3. The van der Waals surface area contributed by atoms with Gasteiger partial charge in [-0.15, -0.1) is 0 Å². The van der Waals surface area contributed by atoms with Crippen LogP contribution in [0.5, 0.6) is 0 Å². The quantitative estimate of drug-likeness (QED) is 0.284. The molecule has 0 bridgehead atoms. The predicted molar refractivity (Wildman–Crippen MR) is 42.1 cm³/mol. The van der Waals surface area contributed by atoms with Gasteiger partial charge in [-0.2, -0.15) is 0 Å². The van der Waals surface area contributed by atoms with E-state index >= 15 is 0 Å². The minimum absolute atomic E-state index is 0. The summed E-state index contributed by atoms with van der Waals surface area (Å²) in [6.45, 7) is 0. The second-order valence-electron chi connectivity index (χ2n) is 0.152. The van der Waals surface area contributed by atoms with Gasteiger partial charge in [0.25, 0.3) is 0 Å². The van der Waals surface area contributed by atoms with Gasteiger partial charge in [0.2, 0.25) is 0 Å². The third kappa shape index (κ3) is 18.3. The third-order valence-corrected chi connectivity index (χ3v) is 0. The molecule has 0 aliphatic carbocycles. The van der Waals surface area contributed by atoms with E-state index in [4.69, 9.17) is 0 Å². The summed E-state index contributed by atoms with van der Waals surface area (Å²) in [5, 5.41) is 0. The molecule has 0 aromatic carbocycles. The van der Waals surface area contributed by atoms with Crippen molar-refractivity contribution in [3.63, 3.8) is 0 Å². The molecular formula is FeHgI3. The molecule has 0 atom stereocenters. The van der Waals surface area contributed by atoms with Crippen LogP contribution in [0.3, 0.4) is 0 Å². The van der Waals surface area contributed by atoms with E-state index in [1.165, 1.54) is 0 Å². The molecule has 0 radical (unpaired) electrons. The van der Waals surface area contributed by atoms with Crippen molar-refractivity contribution in [2.24, 2.45) is 0 Å². The molecule has 0 aromatic heterocycles. The van der Waals surface area contributed by atoms with Gasteiger partial charge in [-0.25, -0.2) is 0 Å². The van der Waals surface area contributed by atoms with Gasteiger partial charge < -0.3 is 0 Å². The Morgan fingerprint density at radius 1 is 1.00 bits per heavy atom. The molecule has 0 aliphatic rings. The van der Waals surface area contributed by atoms with Gasteiger partial charge in [-0.1, -0.05) is 0 Å². The van der Waals surface area contributed by atoms with Crippen molar-refractivity contribution in [1.82, 2.24) is 0 Å². The Balaban J connectivity index is 0. The van der Waals surface area contributed by atoms with E-state index in [0.717, 1.165) is 0 Å². The van der Waals surface area contributed by atoms with E-state index in [9.17, 15) is 0 Å². The fourth-order valence-electron chi connectivity index (χ4n) is 0. The molecule has 0 amide bonds. The van der Waals surface area contributed by atoms with Gasteiger partial charge in [0.15, 0.2) is 0 Å². The SMILES string of the molecule is [Hg].[I][Fe]([I])[I]. The van der Waals surface area contributed by atoms with E-state index in [0.29, 0.717) is 0 Å². The predicted octanol–water partition coefficient (Wildman–Crippen LogP) is 2.65. The van der Waals surface area contributed by atoms with E-state index < -0.39 is 0 Å². The summed E-state index contributed by atoms with van der Waals surface area (Å²) < 4.78 is 0.160. The topological polar surface area (TPSA) is 0 Å². The van der Waals surface area contributed by atoms with Crippen LogP contribution in [-0.4, -0.2) is 0 Å². The normalized spacial score (nSPS) is 9.00. The molecule has 0 fully saturated rings. The third-order valence-electron chi connectivity index (χ3n) is 0. The first kappa shape index (κ1) is 11.4. The summed E-state index contributed by atoms with van der Waals surface area (Å²) in [6.07, 6.45) is 0. The fraction of sp³-hybridized carbons (Fsp3) is 0. The Kier molecular flexibility index (Phi) is 17.5. The van der Waals surface area contributed by atoms with Crippen molar-refractivity contribution in [2.75, 3.05) is 0 Å². The van der Waals surface area contributed by atoms with Gasteiger partial charge in [0, 0.05) is 27.7 Å². The van der Waals surface area contributed by atoms with E-state index in [2.05, 4.69) is 61.0 Å². The van der Waals surface area contributed by atoms with Crippen LogP contribution in [0.15, 0.2) is 0 Å². The van der Waals surface area contributed by atoms with Crippen molar-refractivity contribution in [1.29, 1.82) is 0 Å². The number of rotatable bonds is 0. The fourth-order valence-corrected chi connectivity index (χ4v) is 0. The average Bonchev–Trinajstić information content (AvgIpc) is 0.811. The zero-order chi connectivity index (χ0) is 3.58. The van der Waals surface area contributed by atoms with Crippen LogP contribution >= 0.6 is 61.0 Å². The zero-order valence-electron chi connectivity index (χ0n) is 2.19. The summed E-state index contributed by atoms with van der Waals surface area (Å²) in [5.74, 6) is 0. The van der Waals surface area contributed by atoms with Gasteiger partial charge >= 0.3 is 65.2 Å². The Labute approximate surface area is 90.2 Å². The molecular weight excluding hydrogens is 637 g/mol. The van der Waals surface area contributed by atoms with Crippen molar-refractivity contribution in [2.45, 2.75) is 0 Å². The molecule has 5 heavy (non-hydrogen) atoms. The van der Waals surface area contributed by atoms with Gasteiger partial charge in [0.1, 0.15) is 0 Å². The minimum atomic E-state index is 0. The average molecular weight is 637 g/mol. The first-order valence-corrected chi connectivity index (χ1v) is 11.1. The van der Waals surface area contributed by atoms with Crippen LogP contribution < -0.4 is 0 Å². The molecule has 0 aliphatic heterocycles. The monoisotopic (exact) mass is 639 g/mol. The Hall–Kier alpha value is 3.64. The molecule has 0 N–H and O–H groups in total. The molecule has 0 spiro atoms. The first-order chi connectivity index (χ1) is 1.73. The second-order valence-corrected chi connectivity index (χ2v) is 28.1. The maximum absolute atomic E-state index is 2.40. The molecule has 0 unspecified atom stereocenters. The second kappa shape index (κ2) is 7.64. The molecule has 0 rings (SSSR count). The van der Waals surface area contributed by atoms with Crippen LogP contribution in [0.25, 0.3) is 0 Å². The van der Waals surface area contributed by atoms with Crippen molar-refractivity contribution >= 4 is 61.0 Å². The Morgan fingerprint density at radius 3 is 1.00 bits per heavy atom. The number of hydrogen-bond donors (Lipinski definition) is 0. The summed E-state index contributed by atoms with van der Waals surface area (Å²) >= 11 is 7.20. The summed E-state index contributed by atoms with van der Waals surface area (Å²) in [6, 6.07) is 0. The van der Waals surface area contributed by atoms with Gasteiger partial charge in [-0.3, -0.25) is 0 Å². The van der Waals surface area contributed by atoms with Crippen LogP contribution in [0.2, 0.25) is 0 Å².